The Kier molecular flexibility index (Phi) is 2.58. The van der Waals surface area contributed by atoms with Crippen LogP contribution in [0.5, 0.6) is 0 Å². The molecule has 0 aromatic carbocycles. The molecule has 0 aliphatic heterocycles. The summed E-state index contributed by atoms with van der Waals surface area (Å²) in [6.45, 7) is 0. The van der Waals surface area contributed by atoms with Gasteiger partial charge in [0.25, 0.3) is 5.91 Å². The van der Waals surface area contributed by atoms with Gasteiger partial charge >= 0.3 is 0 Å². The Bertz CT molecular complexity index is 400. The fraction of sp³-hybridized carbons (Fsp3) is 0.455. The summed E-state index contributed by atoms with van der Waals surface area (Å²) in [5.74, 6) is -0.0176. The van der Waals surface area contributed by atoms with Crippen molar-refractivity contribution in [3.63, 3.8) is 0 Å². The number of amides is 1. The first-order valence-electron chi connectivity index (χ1n) is 5.14. The highest BCUT2D eigenvalue weighted by Crippen LogP contribution is 2.24. The van der Waals surface area contributed by atoms with E-state index in [0.29, 0.717) is 11.6 Å². The molecule has 0 bridgehead atoms. The zero-order valence-corrected chi connectivity index (χ0v) is 8.69. The monoisotopic (exact) mass is 206 g/mol. The lowest BCUT2D eigenvalue weighted by molar-refractivity contribution is 0.0651. The third kappa shape index (κ3) is 1.93. The summed E-state index contributed by atoms with van der Waals surface area (Å²) in [6.07, 6.45) is 4.85. The van der Waals surface area contributed by atoms with Gasteiger partial charge < -0.3 is 9.88 Å². The quantitative estimate of drug-likeness (QED) is 0.784. The third-order valence-corrected chi connectivity index (χ3v) is 2.97. The van der Waals surface area contributed by atoms with Crippen LogP contribution in [-0.2, 0) is 0 Å². The second-order valence-electron chi connectivity index (χ2n) is 3.94. The maximum absolute atomic E-state index is 11.9. The van der Waals surface area contributed by atoms with Gasteiger partial charge in [-0.15, -0.1) is 0 Å². The fourth-order valence-corrected chi connectivity index (χ4v) is 1.69. The van der Waals surface area contributed by atoms with Crippen LogP contribution in [-0.4, -0.2) is 28.9 Å². The van der Waals surface area contributed by atoms with Gasteiger partial charge in [0.15, 0.2) is 0 Å². The molecule has 4 nitrogen and oxygen atoms in total. The molecule has 1 aliphatic rings. The van der Waals surface area contributed by atoms with E-state index in [2.05, 4.69) is 4.98 Å². The average molecular weight is 206 g/mol. The van der Waals surface area contributed by atoms with Crippen LogP contribution in [0.4, 0.5) is 0 Å². The third-order valence-electron chi connectivity index (χ3n) is 2.97. The molecule has 1 saturated carbocycles. The number of hydrogen-bond acceptors (Lipinski definition) is 2. The smallest absolute Gasteiger partial charge is 0.255 e. The largest absolute Gasteiger partial charge is 0.339 e. The average Bonchev–Trinajstić information content (AvgIpc) is 2.15. The minimum atomic E-state index is -0.183. The minimum Gasteiger partial charge on any atom is -0.339 e. The van der Waals surface area contributed by atoms with Crippen LogP contribution < -0.4 is 5.56 Å². The standard InChI is InChI=1S/C11H14N2O2/c1-13(9-3-2-4-9)11(15)8-5-6-10(14)12-7-8/h5-7,9H,2-4H2,1H3,(H,12,14). The number of carbonyl (C=O) groups is 1. The topological polar surface area (TPSA) is 53.2 Å². The minimum absolute atomic E-state index is 0.0176. The van der Waals surface area contributed by atoms with Crippen LogP contribution in [0, 0.1) is 0 Å². The molecule has 0 atom stereocenters. The molecule has 1 aromatic heterocycles. The lowest BCUT2D eigenvalue weighted by Crippen LogP contribution is -2.41. The van der Waals surface area contributed by atoms with Gasteiger partial charge in [-0.3, -0.25) is 9.59 Å². The molecule has 1 heterocycles. The van der Waals surface area contributed by atoms with Crippen LogP contribution >= 0.6 is 0 Å². The van der Waals surface area contributed by atoms with Crippen LogP contribution in [0.2, 0.25) is 0 Å². The first-order valence-corrected chi connectivity index (χ1v) is 5.14. The number of carbonyl (C=O) groups excluding carboxylic acids is 1. The molecule has 1 amide bonds. The molecule has 1 N–H and O–H groups in total. The Labute approximate surface area is 87.9 Å². The summed E-state index contributed by atoms with van der Waals surface area (Å²) in [7, 11) is 1.82. The van der Waals surface area contributed by atoms with E-state index in [1.165, 1.54) is 18.7 Å². The fourth-order valence-electron chi connectivity index (χ4n) is 1.69. The Hall–Kier alpha value is -1.58. The van der Waals surface area contributed by atoms with Crippen molar-refractivity contribution >= 4 is 5.91 Å². The molecular weight excluding hydrogens is 192 g/mol. The van der Waals surface area contributed by atoms with Crippen molar-refractivity contribution in [3.05, 3.63) is 34.2 Å². The van der Waals surface area contributed by atoms with E-state index < -0.39 is 0 Å². The molecular formula is C11H14N2O2. The van der Waals surface area contributed by atoms with Crippen molar-refractivity contribution in [1.29, 1.82) is 0 Å². The van der Waals surface area contributed by atoms with Crippen molar-refractivity contribution in [1.82, 2.24) is 9.88 Å². The molecule has 4 heteroatoms. The van der Waals surface area contributed by atoms with Crippen molar-refractivity contribution < 1.29 is 4.79 Å². The van der Waals surface area contributed by atoms with Gasteiger partial charge in [0.2, 0.25) is 5.56 Å². The van der Waals surface area contributed by atoms with Gasteiger partial charge in [-0.1, -0.05) is 0 Å². The van der Waals surface area contributed by atoms with Crippen molar-refractivity contribution in [3.8, 4) is 0 Å². The zero-order chi connectivity index (χ0) is 10.8. The van der Waals surface area contributed by atoms with Crippen LogP contribution in [0.25, 0.3) is 0 Å². The number of nitrogens with zero attached hydrogens (tertiary/aromatic N) is 1. The Morgan fingerprint density at radius 3 is 2.67 bits per heavy atom. The Morgan fingerprint density at radius 1 is 1.47 bits per heavy atom. The highest BCUT2D eigenvalue weighted by molar-refractivity contribution is 5.93. The molecule has 0 radical (unpaired) electrons. The summed E-state index contributed by atoms with van der Waals surface area (Å²) >= 11 is 0. The summed E-state index contributed by atoms with van der Waals surface area (Å²) in [5.41, 5.74) is 0.363. The van der Waals surface area contributed by atoms with Crippen LogP contribution in [0.1, 0.15) is 29.6 Å². The summed E-state index contributed by atoms with van der Waals surface area (Å²) in [6, 6.07) is 3.32. The second-order valence-corrected chi connectivity index (χ2v) is 3.94. The van der Waals surface area contributed by atoms with Gasteiger partial charge in [0.05, 0.1) is 5.56 Å². The molecule has 15 heavy (non-hydrogen) atoms. The lowest BCUT2D eigenvalue weighted by atomic mass is 9.91. The number of hydrogen-bond donors (Lipinski definition) is 1. The molecule has 2 rings (SSSR count). The molecule has 1 aliphatic carbocycles. The number of aromatic nitrogens is 1. The zero-order valence-electron chi connectivity index (χ0n) is 8.69. The van der Waals surface area contributed by atoms with Gasteiger partial charge in [-0.05, 0) is 25.3 Å². The summed E-state index contributed by atoms with van der Waals surface area (Å²) < 4.78 is 0. The maximum atomic E-state index is 11.9. The second kappa shape index (κ2) is 3.88. The molecule has 80 valence electrons. The summed E-state index contributed by atoms with van der Waals surface area (Å²) in [4.78, 5) is 27.0. The van der Waals surface area contributed by atoms with Gasteiger partial charge in [-0.2, -0.15) is 0 Å². The van der Waals surface area contributed by atoms with Gasteiger partial charge in [-0.25, -0.2) is 0 Å². The number of aromatic amines is 1. The van der Waals surface area contributed by atoms with E-state index in [1.54, 1.807) is 11.0 Å². The first kappa shape index (κ1) is 9.96. The lowest BCUT2D eigenvalue weighted by Gasteiger charge is -2.34. The normalized spacial score (nSPS) is 15.8. The molecule has 1 aromatic rings. The van der Waals surface area contributed by atoms with Crippen molar-refractivity contribution in [2.45, 2.75) is 25.3 Å². The van der Waals surface area contributed by atoms with E-state index in [-0.39, 0.29) is 11.5 Å². The highest BCUT2D eigenvalue weighted by atomic mass is 16.2. The van der Waals surface area contributed by atoms with E-state index in [1.807, 2.05) is 7.05 Å². The van der Waals surface area contributed by atoms with Gasteiger partial charge in [0.1, 0.15) is 0 Å². The predicted molar refractivity (Wildman–Crippen MR) is 56.8 cm³/mol. The van der Waals surface area contributed by atoms with Crippen LogP contribution in [0.15, 0.2) is 23.1 Å². The van der Waals surface area contributed by atoms with E-state index in [9.17, 15) is 9.59 Å². The maximum Gasteiger partial charge on any atom is 0.255 e. The van der Waals surface area contributed by atoms with Crippen LogP contribution in [0.3, 0.4) is 0 Å². The molecule has 0 spiro atoms. The number of nitrogens with one attached hydrogen (secondary N) is 1. The van der Waals surface area contributed by atoms with Crippen molar-refractivity contribution in [2.24, 2.45) is 0 Å². The Morgan fingerprint density at radius 2 is 2.20 bits per heavy atom. The predicted octanol–water partition coefficient (Wildman–Crippen LogP) is 0.999. The molecule has 1 fully saturated rings. The number of H-pyrrole nitrogens is 1. The van der Waals surface area contributed by atoms with Crippen molar-refractivity contribution in [2.75, 3.05) is 7.05 Å². The van der Waals surface area contributed by atoms with E-state index in [4.69, 9.17) is 0 Å². The highest BCUT2D eigenvalue weighted by Gasteiger charge is 2.26. The summed E-state index contributed by atoms with van der Waals surface area (Å²) in [5, 5.41) is 0. The molecule has 0 unspecified atom stereocenters. The van der Waals surface area contributed by atoms with Gasteiger partial charge in [0, 0.05) is 25.4 Å². The Balaban J connectivity index is 2.12. The van der Waals surface area contributed by atoms with E-state index in [0.717, 1.165) is 12.8 Å². The first-order chi connectivity index (χ1) is 7.18. The SMILES string of the molecule is CN(C(=O)c1ccc(=O)[nH]c1)C1CCC1. The van der Waals surface area contributed by atoms with E-state index >= 15 is 0 Å². The number of rotatable bonds is 2. The molecule has 0 saturated heterocycles. The number of pyridine rings is 1.